The molecule has 0 spiro atoms. The molecule has 0 saturated heterocycles. The lowest BCUT2D eigenvalue weighted by atomic mass is 10.1. The van der Waals surface area contributed by atoms with Gasteiger partial charge in [-0.1, -0.05) is 78.1 Å². The Kier molecular flexibility index (Phi) is 19.8. The van der Waals surface area contributed by atoms with E-state index in [0.29, 0.717) is 0 Å². The molecule has 0 bridgehead atoms. The number of hydrogen-bond donors (Lipinski definition) is 1. The molecule has 0 heterocycles. The molecule has 1 N–H and O–H groups in total. The van der Waals surface area contributed by atoms with Crippen molar-refractivity contribution >= 4 is 0 Å². The minimum absolute atomic E-state index is 1.00. The van der Waals surface area contributed by atoms with Crippen molar-refractivity contribution in [1.82, 2.24) is 5.06 Å². The van der Waals surface area contributed by atoms with Crippen LogP contribution in [0.25, 0.3) is 0 Å². The van der Waals surface area contributed by atoms with E-state index >= 15 is 0 Å². The molecule has 16 heavy (non-hydrogen) atoms. The summed E-state index contributed by atoms with van der Waals surface area (Å²) >= 11 is 0. The van der Waals surface area contributed by atoms with Gasteiger partial charge < -0.3 is 5.21 Å². The molecule has 0 unspecified atom stereocenters. The molecule has 0 rings (SSSR count). The van der Waals surface area contributed by atoms with E-state index in [0.717, 1.165) is 5.06 Å². The summed E-state index contributed by atoms with van der Waals surface area (Å²) in [6.07, 6.45) is 14.4. The predicted octanol–water partition coefficient (Wildman–Crippen LogP) is 4.86. The molecule has 0 aliphatic carbocycles. The van der Waals surface area contributed by atoms with Gasteiger partial charge in [0.2, 0.25) is 0 Å². The Labute approximate surface area is 103 Å². The first-order valence-corrected chi connectivity index (χ1v) is 7.01. The first-order chi connectivity index (χ1) is 7.65. The van der Waals surface area contributed by atoms with Gasteiger partial charge >= 0.3 is 0 Å². The van der Waals surface area contributed by atoms with Crippen LogP contribution >= 0.6 is 0 Å². The lowest BCUT2D eigenvalue weighted by Crippen LogP contribution is -2.01. The number of unbranched alkanes of at least 4 members (excludes halogenated alkanes) is 9. The van der Waals surface area contributed by atoms with Gasteiger partial charge in [-0.2, -0.15) is 5.06 Å². The molecule has 0 aliphatic heterocycles. The van der Waals surface area contributed by atoms with Crippen molar-refractivity contribution in [1.29, 1.82) is 0 Å². The molecule has 0 radical (unpaired) electrons. The summed E-state index contributed by atoms with van der Waals surface area (Å²) in [6, 6.07) is 0. The van der Waals surface area contributed by atoms with Crippen molar-refractivity contribution < 1.29 is 5.21 Å². The van der Waals surface area contributed by atoms with E-state index in [9.17, 15) is 0 Å². The van der Waals surface area contributed by atoms with Crippen LogP contribution in [0.4, 0.5) is 0 Å². The Morgan fingerprint density at radius 1 is 0.625 bits per heavy atom. The molecule has 0 amide bonds. The van der Waals surface area contributed by atoms with Gasteiger partial charge in [0, 0.05) is 14.1 Å². The van der Waals surface area contributed by atoms with Crippen LogP contribution in [-0.4, -0.2) is 24.4 Å². The molecule has 2 nitrogen and oxygen atoms in total. The number of nitrogens with zero attached hydrogens (tertiary/aromatic N) is 1. The summed E-state index contributed by atoms with van der Waals surface area (Å²) in [5.74, 6) is 0. The number of hydroxylamine groups is 2. The summed E-state index contributed by atoms with van der Waals surface area (Å²) in [5.41, 5.74) is 0. The monoisotopic (exact) mass is 231 g/mol. The van der Waals surface area contributed by atoms with Gasteiger partial charge in [-0.15, -0.1) is 0 Å². The Bertz CT molecular complexity index is 92.2. The molecule has 0 aliphatic rings. The molecule has 0 fully saturated rings. The van der Waals surface area contributed by atoms with Crippen molar-refractivity contribution in [3.63, 3.8) is 0 Å². The topological polar surface area (TPSA) is 23.5 Å². The second kappa shape index (κ2) is 17.3. The van der Waals surface area contributed by atoms with Gasteiger partial charge in [0.1, 0.15) is 0 Å². The lowest BCUT2D eigenvalue weighted by Gasteiger charge is -1.99. The van der Waals surface area contributed by atoms with Gasteiger partial charge in [0.05, 0.1) is 0 Å². The molecular formula is C14H33NO. The second-order valence-corrected chi connectivity index (χ2v) is 4.68. The van der Waals surface area contributed by atoms with Crippen LogP contribution in [0.15, 0.2) is 0 Å². The largest absolute Gasteiger partial charge is 0.315 e. The summed E-state index contributed by atoms with van der Waals surface area (Å²) in [5, 5.41) is 8.89. The minimum atomic E-state index is 1.00. The highest BCUT2D eigenvalue weighted by atomic mass is 16.5. The molecule has 0 saturated carbocycles. The van der Waals surface area contributed by atoms with Crippen molar-refractivity contribution in [3.8, 4) is 0 Å². The number of rotatable bonds is 9. The van der Waals surface area contributed by atoms with Crippen LogP contribution < -0.4 is 0 Å². The van der Waals surface area contributed by atoms with E-state index in [1.54, 1.807) is 14.1 Å². The molecule has 0 aromatic heterocycles. The van der Waals surface area contributed by atoms with E-state index in [4.69, 9.17) is 5.21 Å². The summed E-state index contributed by atoms with van der Waals surface area (Å²) in [7, 11) is 3.11. The molecule has 100 valence electrons. The van der Waals surface area contributed by atoms with Crippen LogP contribution in [0, 0.1) is 0 Å². The molecule has 0 aromatic carbocycles. The molecule has 0 atom stereocenters. The SMILES string of the molecule is CCCCCCCCCCCC.CN(C)O. The highest BCUT2D eigenvalue weighted by molar-refractivity contribution is 4.45. The van der Waals surface area contributed by atoms with Gasteiger partial charge in [-0.25, -0.2) is 0 Å². The van der Waals surface area contributed by atoms with E-state index in [-0.39, 0.29) is 0 Å². The van der Waals surface area contributed by atoms with Gasteiger partial charge in [0.25, 0.3) is 0 Å². The van der Waals surface area contributed by atoms with Gasteiger partial charge in [-0.05, 0) is 0 Å². The van der Waals surface area contributed by atoms with Crippen molar-refractivity contribution in [2.45, 2.75) is 78.1 Å². The fourth-order valence-electron chi connectivity index (χ4n) is 1.56. The maximum atomic E-state index is 7.89. The van der Waals surface area contributed by atoms with Gasteiger partial charge in [-0.3, -0.25) is 0 Å². The minimum Gasteiger partial charge on any atom is -0.315 e. The third-order valence-corrected chi connectivity index (χ3v) is 2.46. The maximum Gasteiger partial charge on any atom is 0.0121 e. The predicted molar refractivity (Wildman–Crippen MR) is 73.0 cm³/mol. The summed E-state index contributed by atoms with van der Waals surface area (Å²) < 4.78 is 0. The Morgan fingerprint density at radius 3 is 1.00 bits per heavy atom. The van der Waals surface area contributed by atoms with E-state index in [1.165, 1.54) is 64.2 Å². The molecule has 0 aromatic rings. The normalized spacial score (nSPS) is 10.1. The van der Waals surface area contributed by atoms with Crippen LogP contribution in [0.3, 0.4) is 0 Å². The number of hydrogen-bond acceptors (Lipinski definition) is 2. The van der Waals surface area contributed by atoms with Crippen LogP contribution in [-0.2, 0) is 0 Å². The van der Waals surface area contributed by atoms with Crippen molar-refractivity contribution in [3.05, 3.63) is 0 Å². The third kappa shape index (κ3) is 29.2. The van der Waals surface area contributed by atoms with Crippen molar-refractivity contribution in [2.24, 2.45) is 0 Å². The molecular weight excluding hydrogens is 198 g/mol. The third-order valence-electron chi connectivity index (χ3n) is 2.46. The van der Waals surface area contributed by atoms with E-state index in [2.05, 4.69) is 13.8 Å². The van der Waals surface area contributed by atoms with E-state index in [1.807, 2.05) is 0 Å². The quantitative estimate of drug-likeness (QED) is 0.452. The van der Waals surface area contributed by atoms with Crippen LogP contribution in [0.2, 0.25) is 0 Å². The second-order valence-electron chi connectivity index (χ2n) is 4.68. The highest BCUT2D eigenvalue weighted by Gasteiger charge is 1.90. The fourth-order valence-corrected chi connectivity index (χ4v) is 1.56. The van der Waals surface area contributed by atoms with Crippen molar-refractivity contribution in [2.75, 3.05) is 14.1 Å². The summed E-state index contributed by atoms with van der Waals surface area (Å²) in [4.78, 5) is 0. The standard InChI is InChI=1S/C12H26.C2H7NO/c1-3-5-7-9-11-12-10-8-6-4-2;1-3(2)4/h3-12H2,1-2H3;4H,1-2H3. The highest BCUT2D eigenvalue weighted by Crippen LogP contribution is 2.09. The zero-order chi connectivity index (χ0) is 12.6. The average molecular weight is 231 g/mol. The zero-order valence-electron chi connectivity index (χ0n) is 12.0. The fraction of sp³-hybridized carbons (Fsp3) is 1.00. The smallest absolute Gasteiger partial charge is 0.0121 e. The van der Waals surface area contributed by atoms with Crippen LogP contribution in [0.5, 0.6) is 0 Å². The van der Waals surface area contributed by atoms with Crippen LogP contribution in [0.1, 0.15) is 78.1 Å². The van der Waals surface area contributed by atoms with Gasteiger partial charge in [0.15, 0.2) is 0 Å². The Morgan fingerprint density at radius 2 is 0.812 bits per heavy atom. The zero-order valence-corrected chi connectivity index (χ0v) is 12.0. The summed E-state index contributed by atoms with van der Waals surface area (Å²) in [6.45, 7) is 4.56. The Balaban J connectivity index is 0. The first-order valence-electron chi connectivity index (χ1n) is 7.01. The Hall–Kier alpha value is -0.0800. The average Bonchev–Trinajstić information content (AvgIpc) is 2.21. The lowest BCUT2D eigenvalue weighted by molar-refractivity contribution is -0.0372. The maximum absolute atomic E-state index is 7.89. The first kappa shape index (κ1) is 18.3. The van der Waals surface area contributed by atoms with E-state index < -0.39 is 0 Å². The molecule has 2 heteroatoms.